The number of benzene rings is 1. The second kappa shape index (κ2) is 7.54. The van der Waals surface area contributed by atoms with Crippen molar-refractivity contribution in [2.24, 2.45) is 5.41 Å². The summed E-state index contributed by atoms with van der Waals surface area (Å²) in [6, 6.07) is 8.32. The molecule has 5 heteroatoms. The summed E-state index contributed by atoms with van der Waals surface area (Å²) in [5.74, 6) is -0.311. The number of hydrogen-bond acceptors (Lipinski definition) is 4. The first-order chi connectivity index (χ1) is 11.6. The van der Waals surface area contributed by atoms with E-state index in [4.69, 9.17) is 9.47 Å². The van der Waals surface area contributed by atoms with Gasteiger partial charge >= 0.3 is 5.97 Å². The van der Waals surface area contributed by atoms with Crippen molar-refractivity contribution in [2.75, 3.05) is 26.8 Å². The summed E-state index contributed by atoms with van der Waals surface area (Å²) in [6.07, 6.45) is 6.75. The molecule has 1 aromatic rings. The molecule has 0 radical (unpaired) electrons. The normalized spacial score (nSPS) is 22.2. The second-order valence-electron chi connectivity index (χ2n) is 7.12. The lowest BCUT2D eigenvalue weighted by Gasteiger charge is -2.48. The van der Waals surface area contributed by atoms with Crippen molar-refractivity contribution in [2.45, 2.75) is 44.1 Å². The van der Waals surface area contributed by atoms with Crippen molar-refractivity contribution in [3.05, 3.63) is 34.3 Å². The van der Waals surface area contributed by atoms with Gasteiger partial charge in [0, 0.05) is 4.47 Å². The number of rotatable bonds is 4. The molecular formula is C19H26BrNO3. The van der Waals surface area contributed by atoms with Crippen molar-refractivity contribution in [1.82, 2.24) is 5.32 Å². The predicted molar refractivity (Wildman–Crippen MR) is 96.8 cm³/mol. The first kappa shape index (κ1) is 17.9. The van der Waals surface area contributed by atoms with Crippen LogP contribution in [0.1, 0.15) is 44.1 Å². The third-order valence-electron chi connectivity index (χ3n) is 5.85. The van der Waals surface area contributed by atoms with E-state index < -0.39 is 0 Å². The Labute approximate surface area is 152 Å². The molecule has 0 aromatic heterocycles. The van der Waals surface area contributed by atoms with Crippen LogP contribution < -0.4 is 5.32 Å². The van der Waals surface area contributed by atoms with Crippen LogP contribution in [0, 0.1) is 5.41 Å². The molecule has 0 amide bonds. The number of methoxy groups -OCH3 is 1. The molecule has 24 heavy (non-hydrogen) atoms. The van der Waals surface area contributed by atoms with Crippen LogP contribution in [0.3, 0.4) is 0 Å². The molecule has 1 aliphatic heterocycles. The van der Waals surface area contributed by atoms with Gasteiger partial charge in [0.1, 0.15) is 6.61 Å². The van der Waals surface area contributed by atoms with Crippen molar-refractivity contribution in [3.63, 3.8) is 0 Å². The van der Waals surface area contributed by atoms with Crippen LogP contribution in [0.5, 0.6) is 0 Å². The van der Waals surface area contributed by atoms with Gasteiger partial charge in [-0.2, -0.15) is 0 Å². The molecule has 132 valence electrons. The first-order valence-corrected chi connectivity index (χ1v) is 9.54. The van der Waals surface area contributed by atoms with Gasteiger partial charge in [0.25, 0.3) is 0 Å². The summed E-state index contributed by atoms with van der Waals surface area (Å²) in [6.45, 7) is 2.25. The van der Waals surface area contributed by atoms with Gasteiger partial charge in [0.15, 0.2) is 0 Å². The topological polar surface area (TPSA) is 47.6 Å². The van der Waals surface area contributed by atoms with Crippen molar-refractivity contribution < 1.29 is 14.3 Å². The Kier molecular flexibility index (Phi) is 5.63. The highest BCUT2D eigenvalue weighted by atomic mass is 79.9. The molecule has 1 saturated heterocycles. The molecule has 1 spiro atoms. The number of ether oxygens (including phenoxy) is 2. The van der Waals surface area contributed by atoms with Gasteiger partial charge in [0.05, 0.1) is 12.7 Å². The number of carbonyl (C=O) groups excluding carboxylic acids is 1. The molecule has 4 nitrogen and oxygen atoms in total. The molecule has 0 bridgehead atoms. The average molecular weight is 396 g/mol. The van der Waals surface area contributed by atoms with Gasteiger partial charge in [-0.1, -0.05) is 28.1 Å². The zero-order chi connectivity index (χ0) is 17.0. The number of halogens is 1. The summed E-state index contributed by atoms with van der Waals surface area (Å²) in [7, 11) is 1.41. The zero-order valence-electron chi connectivity index (χ0n) is 14.3. The highest BCUT2D eigenvalue weighted by Gasteiger charge is 2.45. The SMILES string of the molecule is COC(=O)COC1(c2ccc(Br)cc2)CCC2(CCNCC2)CC1. The molecule has 1 N–H and O–H groups in total. The van der Waals surface area contributed by atoms with Gasteiger partial charge in [-0.25, -0.2) is 4.79 Å². The molecule has 1 aliphatic carbocycles. The van der Waals surface area contributed by atoms with E-state index >= 15 is 0 Å². The second-order valence-corrected chi connectivity index (χ2v) is 8.03. The van der Waals surface area contributed by atoms with E-state index in [1.54, 1.807) is 0 Å². The molecule has 0 unspecified atom stereocenters. The summed E-state index contributed by atoms with van der Waals surface area (Å²) < 4.78 is 12.0. The maximum absolute atomic E-state index is 11.6. The lowest BCUT2D eigenvalue weighted by atomic mass is 9.63. The molecule has 1 heterocycles. The summed E-state index contributed by atoms with van der Waals surface area (Å²) in [4.78, 5) is 11.6. The Balaban J connectivity index is 1.78. The number of piperidine rings is 1. The van der Waals surface area contributed by atoms with Gasteiger partial charge in [-0.15, -0.1) is 0 Å². The zero-order valence-corrected chi connectivity index (χ0v) is 15.9. The minimum Gasteiger partial charge on any atom is -0.467 e. The Morgan fingerprint density at radius 1 is 1.08 bits per heavy atom. The summed E-state index contributed by atoms with van der Waals surface area (Å²) in [5.41, 5.74) is 1.25. The van der Waals surface area contributed by atoms with Crippen LogP contribution in [0.15, 0.2) is 28.7 Å². The van der Waals surface area contributed by atoms with E-state index in [-0.39, 0.29) is 18.2 Å². The molecule has 1 saturated carbocycles. The number of esters is 1. The molecule has 2 fully saturated rings. The van der Waals surface area contributed by atoms with Crippen LogP contribution in [0.2, 0.25) is 0 Å². The van der Waals surface area contributed by atoms with E-state index in [0.717, 1.165) is 43.2 Å². The van der Waals surface area contributed by atoms with E-state index in [1.807, 2.05) is 12.1 Å². The lowest BCUT2D eigenvalue weighted by Crippen LogP contribution is -2.44. The van der Waals surface area contributed by atoms with Crippen LogP contribution in [-0.2, 0) is 19.9 Å². The predicted octanol–water partition coefficient (Wildman–Crippen LogP) is 3.78. The maximum atomic E-state index is 11.6. The molecule has 3 rings (SSSR count). The van der Waals surface area contributed by atoms with E-state index in [9.17, 15) is 4.79 Å². The van der Waals surface area contributed by atoms with Gasteiger partial charge in [0.2, 0.25) is 0 Å². The van der Waals surface area contributed by atoms with E-state index in [2.05, 4.69) is 33.4 Å². The van der Waals surface area contributed by atoms with E-state index in [0.29, 0.717) is 5.41 Å². The maximum Gasteiger partial charge on any atom is 0.331 e. The lowest BCUT2D eigenvalue weighted by molar-refractivity contribution is -0.160. The van der Waals surface area contributed by atoms with E-state index in [1.165, 1.54) is 25.5 Å². The average Bonchev–Trinajstić information content (AvgIpc) is 2.63. The Morgan fingerprint density at radius 2 is 1.71 bits per heavy atom. The summed E-state index contributed by atoms with van der Waals surface area (Å²) >= 11 is 3.50. The van der Waals surface area contributed by atoms with Gasteiger partial charge in [-0.05, 0) is 74.7 Å². The molecule has 0 atom stereocenters. The van der Waals surface area contributed by atoms with Gasteiger partial charge in [-0.3, -0.25) is 0 Å². The highest BCUT2D eigenvalue weighted by molar-refractivity contribution is 9.10. The molecule has 1 aromatic carbocycles. The van der Waals surface area contributed by atoms with Crippen molar-refractivity contribution in [1.29, 1.82) is 0 Å². The largest absolute Gasteiger partial charge is 0.467 e. The van der Waals surface area contributed by atoms with Crippen molar-refractivity contribution in [3.8, 4) is 0 Å². The fourth-order valence-electron chi connectivity index (χ4n) is 4.17. The standard InChI is InChI=1S/C19H26BrNO3/c1-23-17(22)14-24-19(15-2-4-16(20)5-3-15)8-6-18(7-9-19)10-12-21-13-11-18/h2-5,21H,6-14H2,1H3. The number of carbonyl (C=O) groups is 1. The quantitative estimate of drug-likeness (QED) is 0.787. The third-order valence-corrected chi connectivity index (χ3v) is 6.38. The molecule has 2 aliphatic rings. The fraction of sp³-hybridized carbons (Fsp3) is 0.632. The van der Waals surface area contributed by atoms with Crippen molar-refractivity contribution >= 4 is 21.9 Å². The minimum absolute atomic E-state index is 0.0150. The summed E-state index contributed by atoms with van der Waals surface area (Å²) in [5, 5.41) is 3.47. The van der Waals surface area contributed by atoms with Crippen LogP contribution in [0.4, 0.5) is 0 Å². The number of nitrogens with one attached hydrogen (secondary N) is 1. The van der Waals surface area contributed by atoms with Crippen LogP contribution >= 0.6 is 15.9 Å². The highest BCUT2D eigenvalue weighted by Crippen LogP contribution is 2.51. The number of hydrogen-bond donors (Lipinski definition) is 1. The first-order valence-electron chi connectivity index (χ1n) is 8.75. The smallest absolute Gasteiger partial charge is 0.331 e. The Hall–Kier alpha value is -0.910. The monoisotopic (exact) mass is 395 g/mol. The Bertz CT molecular complexity index is 556. The van der Waals surface area contributed by atoms with Crippen LogP contribution in [-0.4, -0.2) is 32.8 Å². The van der Waals surface area contributed by atoms with Crippen LogP contribution in [0.25, 0.3) is 0 Å². The third kappa shape index (κ3) is 3.84. The Morgan fingerprint density at radius 3 is 2.29 bits per heavy atom. The van der Waals surface area contributed by atoms with Gasteiger partial charge < -0.3 is 14.8 Å². The fourth-order valence-corrected chi connectivity index (χ4v) is 4.43. The molecular weight excluding hydrogens is 370 g/mol. The minimum atomic E-state index is -0.370.